The Balaban J connectivity index is 2.10. The number of ether oxygens (including phenoxy) is 1. The minimum atomic E-state index is -0.329. The molecule has 0 fully saturated rings. The Bertz CT molecular complexity index is 665. The number of benzene rings is 1. The molecule has 7 nitrogen and oxygen atoms in total. The molecule has 126 valence electrons. The SMILES string of the molecule is Cc1cc2c(c(C)c1O)CCC(C)(CCN=C(N)N=C(N)N)O2. The third kappa shape index (κ3) is 3.85. The highest BCUT2D eigenvalue weighted by Crippen LogP contribution is 2.41. The maximum absolute atomic E-state index is 10.0. The Hall–Kier alpha value is -2.44. The third-order valence-electron chi connectivity index (χ3n) is 4.24. The highest BCUT2D eigenvalue weighted by Gasteiger charge is 2.32. The second-order valence-electron chi connectivity index (χ2n) is 6.22. The predicted octanol–water partition coefficient (Wildman–Crippen LogP) is 1.07. The van der Waals surface area contributed by atoms with Crippen LogP contribution in [-0.4, -0.2) is 29.2 Å². The van der Waals surface area contributed by atoms with Gasteiger partial charge in [0.15, 0.2) is 5.96 Å². The van der Waals surface area contributed by atoms with Crippen molar-refractivity contribution >= 4 is 11.9 Å². The van der Waals surface area contributed by atoms with E-state index in [0.717, 1.165) is 35.3 Å². The van der Waals surface area contributed by atoms with Crippen LogP contribution in [0.2, 0.25) is 0 Å². The van der Waals surface area contributed by atoms with Gasteiger partial charge in [-0.05, 0) is 50.8 Å². The number of phenolic OH excluding ortho intramolecular Hbond substituents is 1. The first-order valence-electron chi connectivity index (χ1n) is 7.62. The number of aryl methyl sites for hydroxylation is 1. The third-order valence-corrected chi connectivity index (χ3v) is 4.24. The van der Waals surface area contributed by atoms with Crippen LogP contribution in [0.15, 0.2) is 16.1 Å². The number of nitrogens with zero attached hydrogens (tertiary/aromatic N) is 2. The van der Waals surface area contributed by atoms with Gasteiger partial charge in [0.1, 0.15) is 17.1 Å². The summed E-state index contributed by atoms with van der Waals surface area (Å²) in [7, 11) is 0. The van der Waals surface area contributed by atoms with E-state index in [2.05, 4.69) is 16.9 Å². The first-order valence-corrected chi connectivity index (χ1v) is 7.62. The molecule has 1 aromatic rings. The lowest BCUT2D eigenvalue weighted by molar-refractivity contribution is 0.0584. The fourth-order valence-corrected chi connectivity index (χ4v) is 2.83. The molecule has 2 rings (SSSR count). The number of guanidine groups is 2. The summed E-state index contributed by atoms with van der Waals surface area (Å²) in [4.78, 5) is 7.82. The van der Waals surface area contributed by atoms with Crippen molar-refractivity contribution < 1.29 is 9.84 Å². The molecule has 7 N–H and O–H groups in total. The summed E-state index contributed by atoms with van der Waals surface area (Å²) in [5.41, 5.74) is 18.6. The van der Waals surface area contributed by atoms with Crippen molar-refractivity contribution in [3.63, 3.8) is 0 Å². The second kappa shape index (κ2) is 6.36. The topological polar surface area (TPSA) is 132 Å². The molecule has 0 bridgehead atoms. The monoisotopic (exact) mass is 319 g/mol. The molecule has 0 aliphatic carbocycles. The molecule has 0 spiro atoms. The number of aliphatic imine (C=N–C) groups is 2. The van der Waals surface area contributed by atoms with E-state index in [9.17, 15) is 5.11 Å². The van der Waals surface area contributed by atoms with E-state index < -0.39 is 0 Å². The van der Waals surface area contributed by atoms with Gasteiger partial charge >= 0.3 is 0 Å². The molecule has 1 atom stereocenters. The number of hydrogen-bond acceptors (Lipinski definition) is 3. The van der Waals surface area contributed by atoms with Gasteiger partial charge in [-0.3, -0.25) is 4.99 Å². The number of fused-ring (bicyclic) bond motifs is 1. The molecule has 23 heavy (non-hydrogen) atoms. The van der Waals surface area contributed by atoms with Crippen molar-refractivity contribution in [1.29, 1.82) is 0 Å². The first-order chi connectivity index (χ1) is 10.7. The summed E-state index contributed by atoms with van der Waals surface area (Å²) >= 11 is 0. The fourth-order valence-electron chi connectivity index (χ4n) is 2.83. The lowest BCUT2D eigenvalue weighted by Gasteiger charge is -2.36. The van der Waals surface area contributed by atoms with Crippen LogP contribution >= 0.6 is 0 Å². The molecule has 0 saturated carbocycles. The van der Waals surface area contributed by atoms with Crippen molar-refractivity contribution in [3.05, 3.63) is 22.8 Å². The molecule has 1 heterocycles. The maximum atomic E-state index is 10.0. The molecule has 0 amide bonds. The molecule has 1 unspecified atom stereocenters. The number of nitrogens with two attached hydrogens (primary N) is 3. The van der Waals surface area contributed by atoms with Crippen LogP contribution in [0, 0.1) is 13.8 Å². The van der Waals surface area contributed by atoms with Crippen LogP contribution in [0.4, 0.5) is 0 Å². The van der Waals surface area contributed by atoms with Gasteiger partial charge in [-0.2, -0.15) is 4.99 Å². The minimum absolute atomic E-state index is 0.0708. The van der Waals surface area contributed by atoms with E-state index in [-0.39, 0.29) is 17.5 Å². The Morgan fingerprint density at radius 3 is 2.70 bits per heavy atom. The molecular weight excluding hydrogens is 294 g/mol. The predicted molar refractivity (Wildman–Crippen MR) is 91.9 cm³/mol. The summed E-state index contributed by atoms with van der Waals surface area (Å²) in [6, 6.07) is 1.89. The minimum Gasteiger partial charge on any atom is -0.507 e. The van der Waals surface area contributed by atoms with Gasteiger partial charge in [-0.1, -0.05) is 0 Å². The molecule has 0 radical (unpaired) electrons. The average molecular weight is 319 g/mol. The molecular formula is C16H25N5O2. The Kier molecular flexibility index (Phi) is 4.68. The zero-order chi connectivity index (χ0) is 17.2. The van der Waals surface area contributed by atoms with Gasteiger partial charge in [-0.15, -0.1) is 0 Å². The zero-order valence-corrected chi connectivity index (χ0v) is 13.9. The van der Waals surface area contributed by atoms with Crippen LogP contribution in [0.5, 0.6) is 11.5 Å². The van der Waals surface area contributed by atoms with E-state index in [0.29, 0.717) is 18.7 Å². The largest absolute Gasteiger partial charge is 0.507 e. The standard InChI is InChI=1S/C16H25N5O2/c1-9-8-12-11(10(2)13(9)22)4-5-16(3,23-12)6-7-20-15(19)21-14(17)18/h8,22H,4-7H2,1-3H3,(H6,17,18,19,20,21). The van der Waals surface area contributed by atoms with Crippen molar-refractivity contribution in [3.8, 4) is 11.5 Å². The van der Waals surface area contributed by atoms with Gasteiger partial charge in [0, 0.05) is 18.5 Å². The first kappa shape index (κ1) is 16.9. The summed E-state index contributed by atoms with van der Waals surface area (Å²) < 4.78 is 6.19. The van der Waals surface area contributed by atoms with Gasteiger partial charge in [0.05, 0.1) is 0 Å². The quantitative estimate of drug-likeness (QED) is 0.488. The van der Waals surface area contributed by atoms with Gasteiger partial charge in [0.25, 0.3) is 0 Å². The van der Waals surface area contributed by atoms with E-state index in [1.807, 2.05) is 19.9 Å². The summed E-state index contributed by atoms with van der Waals surface area (Å²) in [5, 5.41) is 10.0. The molecule has 0 saturated heterocycles. The molecule has 1 aliphatic rings. The molecule has 1 aromatic carbocycles. The lowest BCUT2D eigenvalue weighted by atomic mass is 9.87. The van der Waals surface area contributed by atoms with E-state index in [1.165, 1.54) is 0 Å². The summed E-state index contributed by atoms with van der Waals surface area (Å²) in [5.74, 6) is 1.16. The summed E-state index contributed by atoms with van der Waals surface area (Å²) in [6.07, 6.45) is 2.41. The van der Waals surface area contributed by atoms with E-state index >= 15 is 0 Å². The molecule has 1 aliphatic heterocycles. The van der Waals surface area contributed by atoms with Crippen molar-refractivity contribution in [2.24, 2.45) is 27.2 Å². The van der Waals surface area contributed by atoms with Crippen molar-refractivity contribution in [2.75, 3.05) is 6.54 Å². The highest BCUT2D eigenvalue weighted by atomic mass is 16.5. The Morgan fingerprint density at radius 2 is 2.04 bits per heavy atom. The Labute approximate surface area is 136 Å². The van der Waals surface area contributed by atoms with Crippen LogP contribution in [-0.2, 0) is 6.42 Å². The van der Waals surface area contributed by atoms with Crippen molar-refractivity contribution in [1.82, 2.24) is 0 Å². The average Bonchev–Trinajstić information content (AvgIpc) is 2.43. The fraction of sp³-hybridized carbons (Fsp3) is 0.500. The van der Waals surface area contributed by atoms with E-state index in [4.69, 9.17) is 21.9 Å². The normalized spacial score (nSPS) is 20.6. The van der Waals surface area contributed by atoms with Gasteiger partial charge < -0.3 is 27.0 Å². The van der Waals surface area contributed by atoms with Crippen LogP contribution in [0.3, 0.4) is 0 Å². The van der Waals surface area contributed by atoms with Gasteiger partial charge in [-0.25, -0.2) is 0 Å². The Morgan fingerprint density at radius 1 is 1.35 bits per heavy atom. The zero-order valence-electron chi connectivity index (χ0n) is 13.9. The van der Waals surface area contributed by atoms with Gasteiger partial charge in [0.2, 0.25) is 5.96 Å². The van der Waals surface area contributed by atoms with E-state index in [1.54, 1.807) is 0 Å². The van der Waals surface area contributed by atoms with Crippen LogP contribution in [0.1, 0.15) is 36.5 Å². The highest BCUT2D eigenvalue weighted by molar-refractivity contribution is 5.92. The second-order valence-corrected chi connectivity index (χ2v) is 6.22. The van der Waals surface area contributed by atoms with Crippen molar-refractivity contribution in [2.45, 2.75) is 45.6 Å². The smallest absolute Gasteiger partial charge is 0.218 e. The van der Waals surface area contributed by atoms with Crippen LogP contribution in [0.25, 0.3) is 0 Å². The number of aromatic hydroxyl groups is 1. The van der Waals surface area contributed by atoms with Crippen LogP contribution < -0.4 is 21.9 Å². The summed E-state index contributed by atoms with van der Waals surface area (Å²) in [6.45, 7) is 6.33. The number of phenols is 1. The lowest BCUT2D eigenvalue weighted by Crippen LogP contribution is -2.37. The molecule has 0 aromatic heterocycles. The number of hydrogen-bond donors (Lipinski definition) is 4. The maximum Gasteiger partial charge on any atom is 0.218 e. The molecule has 7 heteroatoms. The number of rotatable bonds is 3.